The molecule has 1 aromatic heterocycles. The fourth-order valence-electron chi connectivity index (χ4n) is 3.22. The van der Waals surface area contributed by atoms with Crippen LogP contribution in [0.2, 0.25) is 0 Å². The van der Waals surface area contributed by atoms with Crippen molar-refractivity contribution in [3.63, 3.8) is 0 Å². The van der Waals surface area contributed by atoms with E-state index in [4.69, 9.17) is 4.74 Å². The number of nitrogens with zero attached hydrogens (tertiary/aromatic N) is 2. The van der Waals surface area contributed by atoms with Gasteiger partial charge in [0.25, 0.3) is 5.91 Å². The van der Waals surface area contributed by atoms with Gasteiger partial charge in [-0.3, -0.25) is 4.79 Å². The Balaban J connectivity index is 0.00000363. The molecule has 1 aromatic carbocycles. The number of nitrogens with one attached hydrogen (secondary N) is 1. The molecule has 1 fully saturated rings. The van der Waals surface area contributed by atoms with E-state index >= 15 is 0 Å². The lowest BCUT2D eigenvalue weighted by molar-refractivity contribution is -0.274. The van der Waals surface area contributed by atoms with Crippen molar-refractivity contribution in [3.8, 4) is 5.75 Å². The lowest BCUT2D eigenvalue weighted by Gasteiger charge is -2.19. The van der Waals surface area contributed by atoms with Crippen LogP contribution in [-0.2, 0) is 11.3 Å². The first-order chi connectivity index (χ1) is 14.7. The smallest absolute Gasteiger partial charge is 0.406 e. The standard InChI is InChI=1S/C22H26F3N3O3.H2/c1-15(2)18-9-16(10-19(11-18)31-22(23,24)25)12-26-20-6-5-17(13-27-20)21(29)28-7-3-4-8-30-14-28;/h5-6,9-11,13,15H,3-4,7-8,12,14H2,1-2H3,(H,26,27);1H. The number of amides is 1. The molecule has 170 valence electrons. The summed E-state index contributed by atoms with van der Waals surface area (Å²) < 4.78 is 47.4. The monoisotopic (exact) mass is 439 g/mol. The van der Waals surface area contributed by atoms with Gasteiger partial charge in [-0.2, -0.15) is 0 Å². The number of benzene rings is 1. The predicted molar refractivity (Wildman–Crippen MR) is 112 cm³/mol. The van der Waals surface area contributed by atoms with Crippen LogP contribution in [0.4, 0.5) is 19.0 Å². The van der Waals surface area contributed by atoms with Crippen molar-refractivity contribution < 1.29 is 28.9 Å². The van der Waals surface area contributed by atoms with Crippen molar-refractivity contribution in [2.24, 2.45) is 0 Å². The zero-order chi connectivity index (χ0) is 22.4. The molecule has 0 saturated carbocycles. The van der Waals surface area contributed by atoms with Gasteiger partial charge in [0.1, 0.15) is 18.3 Å². The van der Waals surface area contributed by atoms with E-state index < -0.39 is 6.36 Å². The zero-order valence-electron chi connectivity index (χ0n) is 17.5. The maximum atomic E-state index is 12.6. The number of halogens is 3. The van der Waals surface area contributed by atoms with Crippen LogP contribution in [0.15, 0.2) is 36.5 Å². The summed E-state index contributed by atoms with van der Waals surface area (Å²) in [5.74, 6) is 0.169. The highest BCUT2D eigenvalue weighted by atomic mass is 19.4. The van der Waals surface area contributed by atoms with Crippen molar-refractivity contribution in [1.29, 1.82) is 0 Å². The number of pyridine rings is 1. The summed E-state index contributed by atoms with van der Waals surface area (Å²) in [6, 6.07) is 7.92. The van der Waals surface area contributed by atoms with Gasteiger partial charge in [-0.1, -0.05) is 19.9 Å². The van der Waals surface area contributed by atoms with Gasteiger partial charge in [0.05, 0.1) is 5.56 Å². The molecule has 31 heavy (non-hydrogen) atoms. The SMILES string of the molecule is CC(C)c1cc(CNc2ccc(C(=O)N3CCCCOC3)cn2)cc(OC(F)(F)F)c1.[HH]. The van der Waals surface area contributed by atoms with Crippen LogP contribution in [0.1, 0.15) is 55.5 Å². The number of carbonyl (C=O) groups is 1. The van der Waals surface area contributed by atoms with Gasteiger partial charge in [0, 0.05) is 27.3 Å². The molecule has 1 saturated heterocycles. The Morgan fingerprint density at radius 2 is 2.10 bits per heavy atom. The molecule has 1 aliphatic rings. The van der Waals surface area contributed by atoms with E-state index in [0.29, 0.717) is 30.1 Å². The quantitative estimate of drug-likeness (QED) is 0.673. The van der Waals surface area contributed by atoms with E-state index in [9.17, 15) is 18.0 Å². The van der Waals surface area contributed by atoms with E-state index in [2.05, 4.69) is 15.0 Å². The van der Waals surface area contributed by atoms with Crippen molar-refractivity contribution in [2.45, 2.75) is 45.5 Å². The maximum Gasteiger partial charge on any atom is 0.573 e. The number of hydrogen-bond donors (Lipinski definition) is 1. The Labute approximate surface area is 180 Å². The topological polar surface area (TPSA) is 63.7 Å². The Hall–Kier alpha value is -2.81. The molecule has 3 rings (SSSR count). The third-order valence-electron chi connectivity index (χ3n) is 4.87. The Morgan fingerprint density at radius 3 is 2.77 bits per heavy atom. The van der Waals surface area contributed by atoms with Crippen LogP contribution < -0.4 is 10.1 Å². The zero-order valence-corrected chi connectivity index (χ0v) is 17.5. The third-order valence-corrected chi connectivity index (χ3v) is 4.87. The summed E-state index contributed by atoms with van der Waals surface area (Å²) in [6.07, 6.45) is -1.44. The summed E-state index contributed by atoms with van der Waals surface area (Å²) in [7, 11) is 0. The Kier molecular flexibility index (Phi) is 7.37. The van der Waals surface area contributed by atoms with Crippen LogP contribution in [0.5, 0.6) is 5.75 Å². The molecule has 9 heteroatoms. The second kappa shape index (κ2) is 10.00. The van der Waals surface area contributed by atoms with E-state index in [-0.39, 0.29) is 32.3 Å². The minimum atomic E-state index is -4.75. The number of anilines is 1. The normalized spacial score (nSPS) is 15.0. The van der Waals surface area contributed by atoms with E-state index in [1.165, 1.54) is 18.3 Å². The van der Waals surface area contributed by atoms with E-state index in [1.807, 2.05) is 19.9 Å². The second-order valence-corrected chi connectivity index (χ2v) is 7.71. The predicted octanol–water partition coefficient (Wildman–Crippen LogP) is 5.17. The summed E-state index contributed by atoms with van der Waals surface area (Å²) in [5.41, 5.74) is 1.83. The third kappa shape index (κ3) is 6.85. The molecule has 1 amide bonds. The molecule has 0 spiro atoms. The van der Waals surface area contributed by atoms with Crippen LogP contribution in [0.25, 0.3) is 0 Å². The molecule has 0 atom stereocenters. The number of ether oxygens (including phenoxy) is 2. The molecular formula is C22H28F3N3O3. The van der Waals surface area contributed by atoms with E-state index in [0.717, 1.165) is 18.4 Å². The molecule has 0 radical (unpaired) electrons. The first-order valence-corrected chi connectivity index (χ1v) is 10.2. The maximum absolute atomic E-state index is 12.6. The highest BCUT2D eigenvalue weighted by Gasteiger charge is 2.31. The minimum absolute atomic E-state index is 0. The number of aromatic nitrogens is 1. The number of rotatable bonds is 6. The first-order valence-electron chi connectivity index (χ1n) is 10.2. The second-order valence-electron chi connectivity index (χ2n) is 7.71. The molecule has 0 bridgehead atoms. The fourth-order valence-corrected chi connectivity index (χ4v) is 3.22. The van der Waals surface area contributed by atoms with Gasteiger partial charge in [-0.25, -0.2) is 4.98 Å². The van der Waals surface area contributed by atoms with Gasteiger partial charge >= 0.3 is 6.36 Å². The number of hydrogen-bond acceptors (Lipinski definition) is 5. The van der Waals surface area contributed by atoms with Crippen molar-refractivity contribution in [2.75, 3.05) is 25.2 Å². The molecule has 0 unspecified atom stereocenters. The lowest BCUT2D eigenvalue weighted by atomic mass is 10.0. The van der Waals surface area contributed by atoms with Crippen molar-refractivity contribution >= 4 is 11.7 Å². The van der Waals surface area contributed by atoms with Gasteiger partial charge < -0.3 is 19.7 Å². The largest absolute Gasteiger partial charge is 0.573 e. The molecule has 1 N–H and O–H groups in total. The molecule has 6 nitrogen and oxygen atoms in total. The van der Waals surface area contributed by atoms with Crippen LogP contribution >= 0.6 is 0 Å². The Morgan fingerprint density at radius 1 is 1.29 bits per heavy atom. The number of carbonyl (C=O) groups excluding carboxylic acids is 1. The molecule has 1 aliphatic heterocycles. The Bertz CT molecular complexity index is 884. The summed E-state index contributed by atoms with van der Waals surface area (Å²) in [5, 5.41) is 3.08. The van der Waals surface area contributed by atoms with Gasteiger partial charge in [0.2, 0.25) is 0 Å². The minimum Gasteiger partial charge on any atom is -0.406 e. The summed E-state index contributed by atoms with van der Waals surface area (Å²) >= 11 is 0. The average Bonchev–Trinajstić information content (AvgIpc) is 3.00. The fraction of sp³-hybridized carbons (Fsp3) is 0.455. The van der Waals surface area contributed by atoms with Crippen LogP contribution in [0.3, 0.4) is 0 Å². The van der Waals surface area contributed by atoms with E-state index in [1.54, 1.807) is 17.0 Å². The van der Waals surface area contributed by atoms with Crippen LogP contribution in [-0.4, -0.2) is 42.0 Å². The van der Waals surface area contributed by atoms with Crippen molar-refractivity contribution in [3.05, 3.63) is 53.2 Å². The lowest BCUT2D eigenvalue weighted by Crippen LogP contribution is -2.32. The van der Waals surface area contributed by atoms with Gasteiger partial charge in [0.15, 0.2) is 0 Å². The summed E-state index contributed by atoms with van der Waals surface area (Å²) in [4.78, 5) is 18.5. The average molecular weight is 439 g/mol. The molecule has 2 heterocycles. The summed E-state index contributed by atoms with van der Waals surface area (Å²) in [6.45, 7) is 5.63. The van der Waals surface area contributed by atoms with Crippen molar-refractivity contribution in [1.82, 2.24) is 9.88 Å². The molecule has 2 aromatic rings. The highest BCUT2D eigenvalue weighted by molar-refractivity contribution is 5.94. The first kappa shape index (κ1) is 22.9. The molecular weight excluding hydrogens is 411 g/mol. The van der Waals surface area contributed by atoms with Crippen LogP contribution in [0, 0.1) is 0 Å². The van der Waals surface area contributed by atoms with Gasteiger partial charge in [-0.15, -0.1) is 13.2 Å². The molecule has 0 aliphatic carbocycles. The van der Waals surface area contributed by atoms with Gasteiger partial charge in [-0.05, 0) is 54.2 Å². The number of alkyl halides is 3. The highest BCUT2D eigenvalue weighted by Crippen LogP contribution is 2.28.